The zero-order valence-corrected chi connectivity index (χ0v) is 14.6. The molecule has 0 bridgehead atoms. The van der Waals surface area contributed by atoms with Gasteiger partial charge in [-0.3, -0.25) is 4.79 Å². The zero-order valence-electron chi connectivity index (χ0n) is 13.8. The van der Waals surface area contributed by atoms with Crippen molar-refractivity contribution in [1.82, 2.24) is 19.9 Å². The number of halogens is 2. The number of nitrogens with one attached hydrogen (secondary N) is 1. The lowest BCUT2D eigenvalue weighted by Gasteiger charge is -2.04. The Bertz CT molecular complexity index is 1150. The van der Waals surface area contributed by atoms with E-state index < -0.39 is 11.6 Å². The van der Waals surface area contributed by atoms with Crippen molar-refractivity contribution in [2.45, 2.75) is 6.54 Å². The Balaban J connectivity index is 1.48. The summed E-state index contributed by atoms with van der Waals surface area (Å²) in [5, 5.41) is 8.62. The van der Waals surface area contributed by atoms with Crippen molar-refractivity contribution in [3.05, 3.63) is 70.1 Å². The Morgan fingerprint density at radius 1 is 1.15 bits per heavy atom. The number of hydrogen-bond acceptors (Lipinski definition) is 5. The molecule has 6 nitrogen and oxygen atoms in total. The van der Waals surface area contributed by atoms with Crippen molar-refractivity contribution in [3.8, 4) is 11.1 Å². The Hall–Kier alpha value is -3.33. The molecule has 0 aliphatic heterocycles. The number of hydrogen-bond donors (Lipinski definition) is 2. The number of pyridine rings is 1. The minimum atomic E-state index is -0.940. The predicted molar refractivity (Wildman–Crippen MR) is 98.2 cm³/mol. The maximum atomic E-state index is 13.2. The van der Waals surface area contributed by atoms with E-state index in [4.69, 9.17) is 5.73 Å². The second-order valence-corrected chi connectivity index (χ2v) is 6.73. The van der Waals surface area contributed by atoms with E-state index in [0.29, 0.717) is 16.1 Å². The molecule has 0 radical (unpaired) electrons. The minimum Gasteiger partial charge on any atom is -0.366 e. The van der Waals surface area contributed by atoms with Crippen molar-refractivity contribution in [2.75, 3.05) is 5.73 Å². The summed E-state index contributed by atoms with van der Waals surface area (Å²) in [6, 6.07) is 8.94. The van der Waals surface area contributed by atoms with E-state index in [2.05, 4.69) is 15.4 Å². The van der Waals surface area contributed by atoms with E-state index in [-0.39, 0.29) is 18.4 Å². The number of nitrogens with two attached hydrogens (primary N) is 1. The number of aromatic nitrogens is 3. The molecule has 9 heteroatoms. The van der Waals surface area contributed by atoms with Crippen molar-refractivity contribution in [1.29, 1.82) is 0 Å². The summed E-state index contributed by atoms with van der Waals surface area (Å²) in [5.41, 5.74) is 8.42. The van der Waals surface area contributed by atoms with E-state index in [9.17, 15) is 13.6 Å². The van der Waals surface area contributed by atoms with Gasteiger partial charge in [-0.05, 0) is 46.8 Å². The van der Waals surface area contributed by atoms with Crippen LogP contribution < -0.4 is 11.1 Å². The zero-order chi connectivity index (χ0) is 19.0. The van der Waals surface area contributed by atoms with Gasteiger partial charge < -0.3 is 11.1 Å². The fourth-order valence-electron chi connectivity index (χ4n) is 2.60. The van der Waals surface area contributed by atoms with Crippen LogP contribution in [-0.4, -0.2) is 20.5 Å². The molecule has 0 aliphatic rings. The maximum Gasteiger partial charge on any atom is 0.261 e. The Morgan fingerprint density at radius 2 is 2.00 bits per heavy atom. The molecule has 1 amide bonds. The topological polar surface area (TPSA) is 85.3 Å². The first-order chi connectivity index (χ1) is 13.0. The summed E-state index contributed by atoms with van der Waals surface area (Å²) in [5.74, 6) is -1.96. The molecule has 0 unspecified atom stereocenters. The second kappa shape index (κ2) is 6.76. The molecular weight excluding hydrogens is 372 g/mol. The van der Waals surface area contributed by atoms with Gasteiger partial charge in [-0.25, -0.2) is 13.3 Å². The van der Waals surface area contributed by atoms with E-state index in [0.717, 1.165) is 23.3 Å². The summed E-state index contributed by atoms with van der Waals surface area (Å²) in [6.45, 7) is 0.105. The quantitative estimate of drug-likeness (QED) is 0.565. The number of nitrogen functional groups attached to an aromatic ring is 1. The molecule has 27 heavy (non-hydrogen) atoms. The number of rotatable bonds is 4. The van der Waals surface area contributed by atoms with Gasteiger partial charge in [0.05, 0.1) is 4.88 Å². The van der Waals surface area contributed by atoms with Gasteiger partial charge in [0.2, 0.25) is 5.95 Å². The lowest BCUT2D eigenvalue weighted by molar-refractivity contribution is 0.0955. The fraction of sp³-hybridized carbons (Fsp3) is 0.0556. The van der Waals surface area contributed by atoms with Gasteiger partial charge in [0, 0.05) is 18.3 Å². The van der Waals surface area contributed by atoms with Crippen LogP contribution in [0.25, 0.3) is 16.8 Å². The van der Waals surface area contributed by atoms with E-state index in [1.807, 2.05) is 11.4 Å². The number of carbonyl (C=O) groups is 1. The minimum absolute atomic E-state index is 0.105. The summed E-state index contributed by atoms with van der Waals surface area (Å²) < 4.78 is 27.7. The third kappa shape index (κ3) is 3.49. The number of amides is 1. The van der Waals surface area contributed by atoms with Crippen molar-refractivity contribution in [3.63, 3.8) is 0 Å². The molecular formula is C18H13F2N5OS. The molecule has 0 saturated heterocycles. The van der Waals surface area contributed by atoms with Crippen molar-refractivity contribution >= 4 is 28.8 Å². The van der Waals surface area contributed by atoms with Gasteiger partial charge in [-0.1, -0.05) is 6.07 Å². The smallest absolute Gasteiger partial charge is 0.261 e. The summed E-state index contributed by atoms with van der Waals surface area (Å²) in [6.07, 6.45) is 1.78. The number of benzene rings is 1. The second-order valence-electron chi connectivity index (χ2n) is 5.82. The Kier molecular flexibility index (Phi) is 4.28. The third-order valence-corrected chi connectivity index (χ3v) is 4.87. The van der Waals surface area contributed by atoms with Crippen LogP contribution in [-0.2, 0) is 6.54 Å². The van der Waals surface area contributed by atoms with Crippen molar-refractivity contribution in [2.24, 2.45) is 0 Å². The molecule has 0 aliphatic carbocycles. The summed E-state index contributed by atoms with van der Waals surface area (Å²) >= 11 is 1.29. The van der Waals surface area contributed by atoms with Gasteiger partial charge in [-0.2, -0.15) is 4.98 Å². The molecule has 4 rings (SSSR count). The first-order valence-corrected chi connectivity index (χ1v) is 8.80. The van der Waals surface area contributed by atoms with Gasteiger partial charge in [0.25, 0.3) is 5.91 Å². The number of nitrogens with zero attached hydrogens (tertiary/aromatic N) is 3. The standard InChI is InChI=1S/C18H13F2N5OS/c19-13-3-1-10(5-14(13)20)7-22-17(26)15-6-12(9-27-15)11-2-4-16-23-18(21)24-25(16)8-11/h1-6,8-9H,7H2,(H2,21,24)(H,22,26). The average molecular weight is 385 g/mol. The molecule has 4 aromatic rings. The van der Waals surface area contributed by atoms with Gasteiger partial charge in [-0.15, -0.1) is 16.4 Å². The van der Waals surface area contributed by atoms with Gasteiger partial charge in [0.15, 0.2) is 17.3 Å². The van der Waals surface area contributed by atoms with Crippen molar-refractivity contribution < 1.29 is 13.6 Å². The molecule has 1 aromatic carbocycles. The van der Waals surface area contributed by atoms with Crippen LogP contribution in [0.2, 0.25) is 0 Å². The SMILES string of the molecule is Nc1nc2ccc(-c3csc(C(=O)NCc4ccc(F)c(F)c4)c3)cn2n1. The van der Waals surface area contributed by atoms with Crippen LogP contribution in [0.1, 0.15) is 15.2 Å². The normalized spacial score (nSPS) is 11.0. The highest BCUT2D eigenvalue weighted by atomic mass is 32.1. The number of anilines is 1. The van der Waals surface area contributed by atoms with Gasteiger partial charge >= 0.3 is 0 Å². The molecule has 0 saturated carbocycles. The first kappa shape index (κ1) is 17.1. The molecule has 3 aromatic heterocycles. The molecule has 0 spiro atoms. The van der Waals surface area contributed by atoms with Crippen LogP contribution in [0.15, 0.2) is 48.0 Å². The number of carbonyl (C=O) groups excluding carboxylic acids is 1. The number of fused-ring (bicyclic) bond motifs is 1. The first-order valence-electron chi connectivity index (χ1n) is 7.92. The molecule has 3 N–H and O–H groups in total. The highest BCUT2D eigenvalue weighted by Crippen LogP contribution is 2.26. The molecule has 0 atom stereocenters. The summed E-state index contributed by atoms with van der Waals surface area (Å²) in [4.78, 5) is 16.9. The van der Waals surface area contributed by atoms with Gasteiger partial charge in [0.1, 0.15) is 0 Å². The van der Waals surface area contributed by atoms with E-state index in [1.165, 1.54) is 17.4 Å². The van der Waals surface area contributed by atoms with E-state index in [1.54, 1.807) is 22.8 Å². The average Bonchev–Trinajstić information content (AvgIpc) is 3.27. The Morgan fingerprint density at radius 3 is 2.81 bits per heavy atom. The molecule has 136 valence electrons. The highest BCUT2D eigenvalue weighted by molar-refractivity contribution is 7.12. The lowest BCUT2D eigenvalue weighted by Crippen LogP contribution is -2.21. The van der Waals surface area contributed by atoms with Crippen LogP contribution in [0, 0.1) is 11.6 Å². The van der Waals surface area contributed by atoms with Crippen LogP contribution in [0.3, 0.4) is 0 Å². The lowest BCUT2D eigenvalue weighted by atomic mass is 10.1. The van der Waals surface area contributed by atoms with Crippen LogP contribution in [0.5, 0.6) is 0 Å². The summed E-state index contributed by atoms with van der Waals surface area (Å²) in [7, 11) is 0. The largest absolute Gasteiger partial charge is 0.366 e. The monoisotopic (exact) mass is 385 g/mol. The Labute approximate surface area is 156 Å². The van der Waals surface area contributed by atoms with Crippen LogP contribution >= 0.6 is 11.3 Å². The molecule has 3 heterocycles. The number of thiophene rings is 1. The maximum absolute atomic E-state index is 13.2. The predicted octanol–water partition coefficient (Wildman–Crippen LogP) is 3.25. The molecule has 0 fully saturated rings. The fourth-order valence-corrected chi connectivity index (χ4v) is 3.43. The van der Waals surface area contributed by atoms with Crippen LogP contribution in [0.4, 0.5) is 14.7 Å². The third-order valence-electron chi connectivity index (χ3n) is 3.94. The highest BCUT2D eigenvalue weighted by Gasteiger charge is 2.12. The van der Waals surface area contributed by atoms with E-state index >= 15 is 0 Å².